The molecule has 2 rings (SSSR count). The van der Waals surface area contributed by atoms with Crippen molar-refractivity contribution in [1.29, 1.82) is 0 Å². The van der Waals surface area contributed by atoms with Crippen LogP contribution in [-0.2, 0) is 11.3 Å². The number of aryl methyl sites for hydroxylation is 2. The zero-order valence-corrected chi connectivity index (χ0v) is 13.7. The first-order valence-electron chi connectivity index (χ1n) is 7.75. The maximum absolute atomic E-state index is 12.5. The lowest BCUT2D eigenvalue weighted by atomic mass is 10.1. The fourth-order valence-electron chi connectivity index (χ4n) is 2.75. The van der Waals surface area contributed by atoms with Crippen LogP contribution in [0.2, 0.25) is 0 Å². The number of fused-ring (bicyclic) bond motifs is 1. The third-order valence-electron chi connectivity index (χ3n) is 3.75. The van der Waals surface area contributed by atoms with Crippen LogP contribution in [0, 0.1) is 6.92 Å². The summed E-state index contributed by atoms with van der Waals surface area (Å²) in [4.78, 5) is 23.0. The van der Waals surface area contributed by atoms with Crippen molar-refractivity contribution in [2.24, 2.45) is 0 Å². The molecule has 0 aliphatic carbocycles. The maximum atomic E-state index is 12.5. The summed E-state index contributed by atoms with van der Waals surface area (Å²) in [6.07, 6.45) is -0.0916. The van der Waals surface area contributed by atoms with Crippen LogP contribution < -0.4 is 10.1 Å². The highest BCUT2D eigenvalue weighted by Gasteiger charge is 2.19. The molecule has 0 saturated carbocycles. The minimum atomic E-state index is -0.931. The fraction of sp³-hybridized carbons (Fsp3) is 0.412. The van der Waals surface area contributed by atoms with Gasteiger partial charge in [-0.1, -0.05) is 0 Å². The molecule has 1 heterocycles. The van der Waals surface area contributed by atoms with Crippen LogP contribution in [0.3, 0.4) is 0 Å². The molecule has 23 heavy (non-hydrogen) atoms. The molecule has 2 N–H and O–H groups in total. The molecule has 6 heteroatoms. The number of aliphatic carboxylic acids is 1. The van der Waals surface area contributed by atoms with E-state index in [4.69, 9.17) is 9.84 Å². The Balaban J connectivity index is 2.40. The van der Waals surface area contributed by atoms with Gasteiger partial charge in [0.2, 0.25) is 0 Å². The normalized spacial score (nSPS) is 10.7. The second-order valence-electron chi connectivity index (χ2n) is 5.23. The molecule has 0 atom stereocenters. The van der Waals surface area contributed by atoms with E-state index in [1.165, 1.54) is 0 Å². The molecule has 0 fully saturated rings. The van der Waals surface area contributed by atoms with E-state index in [2.05, 4.69) is 5.32 Å². The number of amides is 1. The average molecular weight is 318 g/mol. The molecule has 0 radical (unpaired) electrons. The van der Waals surface area contributed by atoms with E-state index in [-0.39, 0.29) is 18.9 Å². The van der Waals surface area contributed by atoms with Crippen molar-refractivity contribution in [2.45, 2.75) is 33.7 Å². The van der Waals surface area contributed by atoms with E-state index < -0.39 is 5.97 Å². The lowest BCUT2D eigenvalue weighted by Gasteiger charge is -2.09. The highest BCUT2D eigenvalue weighted by atomic mass is 16.5. The van der Waals surface area contributed by atoms with Crippen molar-refractivity contribution in [3.05, 3.63) is 29.5 Å². The molecule has 0 spiro atoms. The van der Waals surface area contributed by atoms with Gasteiger partial charge in [-0.25, -0.2) is 0 Å². The fourth-order valence-corrected chi connectivity index (χ4v) is 2.75. The van der Waals surface area contributed by atoms with Gasteiger partial charge in [0.25, 0.3) is 5.91 Å². The molecule has 1 aromatic heterocycles. The van der Waals surface area contributed by atoms with Crippen LogP contribution in [0.25, 0.3) is 10.9 Å². The number of nitrogens with zero attached hydrogens (tertiary/aromatic N) is 1. The molecule has 2 aromatic rings. The highest BCUT2D eigenvalue weighted by Crippen LogP contribution is 2.29. The summed E-state index contributed by atoms with van der Waals surface area (Å²) in [7, 11) is 0. The van der Waals surface area contributed by atoms with E-state index in [9.17, 15) is 9.59 Å². The zero-order chi connectivity index (χ0) is 17.0. The predicted octanol–water partition coefficient (Wildman–Crippen LogP) is 2.57. The van der Waals surface area contributed by atoms with Gasteiger partial charge in [-0.15, -0.1) is 0 Å². The third-order valence-corrected chi connectivity index (χ3v) is 3.75. The SMILES string of the molecule is CCOc1ccc2c(c1)c(C)c(C(=O)NCCC(=O)O)n2CC. The van der Waals surface area contributed by atoms with E-state index in [1.54, 1.807) is 0 Å². The quantitative estimate of drug-likeness (QED) is 0.822. The number of nitrogens with one attached hydrogen (secondary N) is 1. The smallest absolute Gasteiger partial charge is 0.305 e. The molecule has 0 bridgehead atoms. The average Bonchev–Trinajstić information content (AvgIpc) is 2.79. The number of ether oxygens (including phenoxy) is 1. The first-order chi connectivity index (χ1) is 11.0. The Labute approximate surface area is 135 Å². The third kappa shape index (κ3) is 3.47. The van der Waals surface area contributed by atoms with Gasteiger partial charge in [0.15, 0.2) is 0 Å². The van der Waals surface area contributed by atoms with Crippen LogP contribution in [0.1, 0.15) is 36.3 Å². The van der Waals surface area contributed by atoms with E-state index >= 15 is 0 Å². The zero-order valence-electron chi connectivity index (χ0n) is 13.7. The topological polar surface area (TPSA) is 80.6 Å². The molecule has 1 aromatic carbocycles. The second-order valence-corrected chi connectivity index (χ2v) is 5.23. The Hall–Kier alpha value is -2.50. The number of carbonyl (C=O) groups excluding carboxylic acids is 1. The van der Waals surface area contributed by atoms with Crippen LogP contribution >= 0.6 is 0 Å². The lowest BCUT2D eigenvalue weighted by Crippen LogP contribution is -2.28. The summed E-state index contributed by atoms with van der Waals surface area (Å²) in [5.74, 6) is -0.409. The van der Waals surface area contributed by atoms with Crippen LogP contribution in [-0.4, -0.2) is 34.7 Å². The first kappa shape index (κ1) is 16.9. The van der Waals surface area contributed by atoms with Gasteiger partial charge in [-0.05, 0) is 44.5 Å². The maximum Gasteiger partial charge on any atom is 0.305 e. The molecular formula is C17H22N2O4. The van der Waals surface area contributed by atoms with Gasteiger partial charge >= 0.3 is 5.97 Å². The van der Waals surface area contributed by atoms with E-state index in [1.807, 2.05) is 43.5 Å². The van der Waals surface area contributed by atoms with Gasteiger partial charge in [-0.3, -0.25) is 9.59 Å². The number of benzene rings is 1. The van der Waals surface area contributed by atoms with Crippen molar-refractivity contribution in [2.75, 3.05) is 13.2 Å². The van der Waals surface area contributed by atoms with Crippen molar-refractivity contribution in [3.8, 4) is 5.75 Å². The first-order valence-corrected chi connectivity index (χ1v) is 7.75. The lowest BCUT2D eigenvalue weighted by molar-refractivity contribution is -0.136. The van der Waals surface area contributed by atoms with E-state index in [0.29, 0.717) is 18.8 Å². The number of carboxylic acid groups (broad SMARTS) is 1. The van der Waals surface area contributed by atoms with Gasteiger partial charge in [0.05, 0.1) is 13.0 Å². The molecule has 1 amide bonds. The molecule has 6 nitrogen and oxygen atoms in total. The molecule has 0 aliphatic heterocycles. The summed E-state index contributed by atoms with van der Waals surface area (Å²) in [6, 6.07) is 5.78. The van der Waals surface area contributed by atoms with Gasteiger partial charge in [0.1, 0.15) is 11.4 Å². The van der Waals surface area contributed by atoms with Crippen LogP contribution in [0.4, 0.5) is 0 Å². The largest absolute Gasteiger partial charge is 0.494 e. The number of aromatic nitrogens is 1. The van der Waals surface area contributed by atoms with Crippen LogP contribution in [0.15, 0.2) is 18.2 Å². The highest BCUT2D eigenvalue weighted by molar-refractivity contribution is 6.02. The summed E-state index contributed by atoms with van der Waals surface area (Å²) in [6.45, 7) is 7.15. The Kier molecular flexibility index (Phi) is 5.26. The van der Waals surface area contributed by atoms with Crippen molar-refractivity contribution in [1.82, 2.24) is 9.88 Å². The molecule has 0 saturated heterocycles. The Morgan fingerprint density at radius 1 is 1.30 bits per heavy atom. The van der Waals surface area contributed by atoms with Crippen molar-refractivity contribution >= 4 is 22.8 Å². The Bertz CT molecular complexity index is 734. The minimum absolute atomic E-state index is 0.0916. The monoisotopic (exact) mass is 318 g/mol. The second kappa shape index (κ2) is 7.17. The van der Waals surface area contributed by atoms with Gasteiger partial charge in [-0.2, -0.15) is 0 Å². The van der Waals surface area contributed by atoms with Crippen molar-refractivity contribution < 1.29 is 19.4 Å². The predicted molar refractivity (Wildman–Crippen MR) is 88.1 cm³/mol. The minimum Gasteiger partial charge on any atom is -0.494 e. The number of carboxylic acids is 1. The summed E-state index contributed by atoms with van der Waals surface area (Å²) < 4.78 is 7.47. The molecular weight excluding hydrogens is 296 g/mol. The van der Waals surface area contributed by atoms with Crippen molar-refractivity contribution in [3.63, 3.8) is 0 Å². The standard InChI is InChI=1S/C17H22N2O4/c1-4-19-14-7-6-12(23-5-2)10-13(14)11(3)16(19)17(22)18-9-8-15(20)21/h6-7,10H,4-5,8-9H2,1-3H3,(H,18,22)(H,20,21). The van der Waals surface area contributed by atoms with Gasteiger partial charge < -0.3 is 19.7 Å². The van der Waals surface area contributed by atoms with Gasteiger partial charge in [0, 0.05) is 24.0 Å². The molecule has 0 unspecified atom stereocenters. The number of hydrogen-bond donors (Lipinski definition) is 2. The van der Waals surface area contributed by atoms with E-state index in [0.717, 1.165) is 22.2 Å². The summed E-state index contributed by atoms with van der Waals surface area (Å²) >= 11 is 0. The molecule has 124 valence electrons. The number of rotatable bonds is 7. The summed E-state index contributed by atoms with van der Waals surface area (Å²) in [5.41, 5.74) is 2.41. The number of carbonyl (C=O) groups is 2. The summed E-state index contributed by atoms with van der Waals surface area (Å²) in [5, 5.41) is 12.3. The Morgan fingerprint density at radius 3 is 2.65 bits per heavy atom. The Morgan fingerprint density at radius 2 is 2.04 bits per heavy atom. The van der Waals surface area contributed by atoms with Crippen LogP contribution in [0.5, 0.6) is 5.75 Å². The molecule has 0 aliphatic rings. The number of hydrogen-bond acceptors (Lipinski definition) is 3.